The van der Waals surface area contributed by atoms with Gasteiger partial charge in [0.05, 0.1) is 12.3 Å². The standard InChI is InChI=1S/C11H18/c1-4-7-10-11(8-5-2)9-6-3/h5,7H,1-4,6,8-10H2. The SMILES string of the molecule is C=CC[C+](C[CH-]C[CH2+])CC[CH2-]. The van der Waals surface area contributed by atoms with E-state index >= 15 is 0 Å². The number of allylic oxidation sites excluding steroid dienone is 1. The van der Waals surface area contributed by atoms with Crippen molar-refractivity contribution in [2.45, 2.75) is 32.1 Å². The van der Waals surface area contributed by atoms with Gasteiger partial charge in [-0.25, -0.2) is 6.42 Å². The van der Waals surface area contributed by atoms with Crippen LogP contribution >= 0.6 is 0 Å². The van der Waals surface area contributed by atoms with E-state index in [0.29, 0.717) is 0 Å². The Kier molecular flexibility index (Phi) is 7.23. The normalized spacial score (nSPS) is 9.55. The van der Waals surface area contributed by atoms with Crippen molar-refractivity contribution < 1.29 is 0 Å². The first-order valence-electron chi connectivity index (χ1n) is 4.19. The molecule has 0 amide bonds. The van der Waals surface area contributed by atoms with E-state index in [1.54, 1.807) is 0 Å². The molecule has 11 heavy (non-hydrogen) atoms. The molecule has 0 aromatic carbocycles. The monoisotopic (exact) mass is 150 g/mol. The van der Waals surface area contributed by atoms with Crippen LogP contribution in [-0.4, -0.2) is 0 Å². The molecule has 0 aromatic heterocycles. The molecule has 0 radical (unpaired) electrons. The highest BCUT2D eigenvalue weighted by molar-refractivity contribution is 4.99. The van der Waals surface area contributed by atoms with E-state index in [9.17, 15) is 0 Å². The molecule has 0 heteroatoms. The summed E-state index contributed by atoms with van der Waals surface area (Å²) < 4.78 is 0. The van der Waals surface area contributed by atoms with Gasteiger partial charge in [0.25, 0.3) is 0 Å². The summed E-state index contributed by atoms with van der Waals surface area (Å²) in [5, 5.41) is 0. The molecule has 0 spiro atoms. The molecule has 0 bridgehead atoms. The predicted molar refractivity (Wildman–Crippen MR) is 51.5 cm³/mol. The molecule has 0 nitrogen and oxygen atoms in total. The second kappa shape index (κ2) is 7.59. The average molecular weight is 150 g/mol. The van der Waals surface area contributed by atoms with E-state index in [1.165, 1.54) is 5.92 Å². The van der Waals surface area contributed by atoms with E-state index in [-0.39, 0.29) is 0 Å². The maximum Gasteiger partial charge on any atom is 0.105 e. The van der Waals surface area contributed by atoms with E-state index in [2.05, 4.69) is 26.8 Å². The van der Waals surface area contributed by atoms with Crippen LogP contribution in [0.2, 0.25) is 0 Å². The van der Waals surface area contributed by atoms with Crippen LogP contribution in [0.1, 0.15) is 32.1 Å². The number of rotatable bonds is 7. The van der Waals surface area contributed by atoms with E-state index in [1.807, 2.05) is 6.08 Å². The molecule has 0 aliphatic heterocycles. The summed E-state index contributed by atoms with van der Waals surface area (Å²) in [6.45, 7) is 11.3. The molecule has 0 aliphatic rings. The van der Waals surface area contributed by atoms with Gasteiger partial charge in [0.2, 0.25) is 0 Å². The van der Waals surface area contributed by atoms with Gasteiger partial charge in [-0.15, -0.1) is 6.42 Å². The smallest absolute Gasteiger partial charge is 0.105 e. The molecule has 0 saturated carbocycles. The zero-order valence-electron chi connectivity index (χ0n) is 7.31. The van der Waals surface area contributed by atoms with Gasteiger partial charge >= 0.3 is 0 Å². The van der Waals surface area contributed by atoms with Gasteiger partial charge in [-0.05, 0) is 18.9 Å². The van der Waals surface area contributed by atoms with Crippen molar-refractivity contribution in [1.29, 1.82) is 0 Å². The Bertz CT molecular complexity index is 84.0. The molecule has 0 heterocycles. The molecule has 0 aliphatic carbocycles. The fourth-order valence-corrected chi connectivity index (χ4v) is 1.05. The van der Waals surface area contributed by atoms with E-state index in [0.717, 1.165) is 32.1 Å². The van der Waals surface area contributed by atoms with Gasteiger partial charge in [0.15, 0.2) is 0 Å². The maximum absolute atomic E-state index is 3.83. The molecule has 0 rings (SSSR count). The van der Waals surface area contributed by atoms with Crippen LogP contribution in [0.25, 0.3) is 0 Å². The molecule has 0 N–H and O–H groups in total. The summed E-state index contributed by atoms with van der Waals surface area (Å²) in [5.41, 5.74) is 0. The lowest BCUT2D eigenvalue weighted by molar-refractivity contribution is 0.734. The summed E-state index contributed by atoms with van der Waals surface area (Å²) >= 11 is 0. The minimum Gasteiger partial charge on any atom is -0.339 e. The average Bonchev–Trinajstić information content (AvgIpc) is 2.01. The molecular formula is C11H18. The Labute approximate surface area is 71.7 Å². The molecule has 0 atom stereocenters. The van der Waals surface area contributed by atoms with Gasteiger partial charge in [-0.1, -0.05) is 6.58 Å². The van der Waals surface area contributed by atoms with Gasteiger partial charge in [0, 0.05) is 6.92 Å². The van der Waals surface area contributed by atoms with Gasteiger partial charge in [0.1, 0.15) is 6.42 Å². The van der Waals surface area contributed by atoms with Crippen LogP contribution in [0.5, 0.6) is 0 Å². The van der Waals surface area contributed by atoms with Crippen LogP contribution in [0, 0.1) is 26.2 Å². The summed E-state index contributed by atoms with van der Waals surface area (Å²) in [4.78, 5) is 0. The first-order valence-corrected chi connectivity index (χ1v) is 4.19. The second-order valence-corrected chi connectivity index (χ2v) is 2.63. The third kappa shape index (κ3) is 5.90. The highest BCUT2D eigenvalue weighted by atomic mass is 14.1. The third-order valence-electron chi connectivity index (χ3n) is 1.60. The first kappa shape index (κ1) is 10.5. The van der Waals surface area contributed by atoms with Crippen LogP contribution in [0.15, 0.2) is 12.7 Å². The molecule has 0 unspecified atom stereocenters. The molecule has 0 fully saturated rings. The quantitative estimate of drug-likeness (QED) is 0.384. The topological polar surface area (TPSA) is 0 Å². The first-order chi connectivity index (χ1) is 5.35. The fraction of sp³-hybridized carbons (Fsp3) is 0.455. The van der Waals surface area contributed by atoms with Crippen molar-refractivity contribution in [2.75, 3.05) is 0 Å². The zero-order chi connectivity index (χ0) is 8.53. The molecule has 62 valence electrons. The predicted octanol–water partition coefficient (Wildman–Crippen LogP) is 3.57. The maximum atomic E-state index is 3.83. The molecule has 0 aromatic rings. The van der Waals surface area contributed by atoms with E-state index in [4.69, 9.17) is 0 Å². The lowest BCUT2D eigenvalue weighted by Gasteiger charge is -2.08. The van der Waals surface area contributed by atoms with Crippen LogP contribution in [0.3, 0.4) is 0 Å². The molecule has 0 saturated heterocycles. The van der Waals surface area contributed by atoms with Gasteiger partial charge in [-0.3, -0.25) is 0 Å². The van der Waals surface area contributed by atoms with Crippen LogP contribution < -0.4 is 0 Å². The second-order valence-electron chi connectivity index (χ2n) is 2.63. The number of hydrogen-bond acceptors (Lipinski definition) is 0. The summed E-state index contributed by atoms with van der Waals surface area (Å²) in [5.74, 6) is 1.53. The van der Waals surface area contributed by atoms with Crippen LogP contribution in [-0.2, 0) is 0 Å². The van der Waals surface area contributed by atoms with Crippen molar-refractivity contribution in [2.24, 2.45) is 0 Å². The summed E-state index contributed by atoms with van der Waals surface area (Å²) in [6.07, 6.45) is 9.32. The Hall–Kier alpha value is -0.520. The van der Waals surface area contributed by atoms with Crippen molar-refractivity contribution in [3.05, 3.63) is 38.8 Å². The van der Waals surface area contributed by atoms with Gasteiger partial charge in [-0.2, -0.15) is 0 Å². The highest BCUT2D eigenvalue weighted by Gasteiger charge is 2.09. The number of hydrogen-bond donors (Lipinski definition) is 0. The van der Waals surface area contributed by atoms with Crippen molar-refractivity contribution >= 4 is 0 Å². The van der Waals surface area contributed by atoms with Crippen molar-refractivity contribution in [3.8, 4) is 0 Å². The van der Waals surface area contributed by atoms with Crippen LogP contribution in [0.4, 0.5) is 0 Å². The fourth-order valence-electron chi connectivity index (χ4n) is 1.05. The minimum atomic E-state index is 0.914. The lowest BCUT2D eigenvalue weighted by atomic mass is 9.94. The lowest BCUT2D eigenvalue weighted by Crippen LogP contribution is -1.95. The summed E-state index contributed by atoms with van der Waals surface area (Å²) in [7, 11) is 0. The largest absolute Gasteiger partial charge is 0.339 e. The van der Waals surface area contributed by atoms with Crippen molar-refractivity contribution in [1.82, 2.24) is 0 Å². The third-order valence-corrected chi connectivity index (χ3v) is 1.60. The summed E-state index contributed by atoms with van der Waals surface area (Å²) in [6, 6.07) is 0. The Morgan fingerprint density at radius 2 is 2.36 bits per heavy atom. The minimum absolute atomic E-state index is 0.914. The van der Waals surface area contributed by atoms with Gasteiger partial charge < -0.3 is 6.92 Å². The Morgan fingerprint density at radius 1 is 1.64 bits per heavy atom. The number of unbranched alkanes of at least 4 members (excludes halogenated alkanes) is 1. The Morgan fingerprint density at radius 3 is 2.82 bits per heavy atom. The Balaban J connectivity index is 3.41. The molecular weight excluding hydrogens is 132 g/mol. The highest BCUT2D eigenvalue weighted by Crippen LogP contribution is 2.20. The zero-order valence-corrected chi connectivity index (χ0v) is 7.31. The van der Waals surface area contributed by atoms with Crippen molar-refractivity contribution in [3.63, 3.8) is 0 Å². The van der Waals surface area contributed by atoms with E-state index < -0.39 is 0 Å².